The smallest absolute Gasteiger partial charge is 0.247 e. The van der Waals surface area contributed by atoms with Crippen LogP contribution in [0, 0.1) is 5.41 Å². The van der Waals surface area contributed by atoms with Crippen LogP contribution in [0.1, 0.15) is 24.7 Å². The highest BCUT2D eigenvalue weighted by atomic mass is 35.5. The lowest BCUT2D eigenvalue weighted by molar-refractivity contribution is 0.0130. The molecule has 2 fully saturated rings. The summed E-state index contributed by atoms with van der Waals surface area (Å²) in [4.78, 5) is 4.01. The molecule has 1 atom stereocenters. The minimum Gasteiger partial charge on any atom is -0.420 e. The van der Waals surface area contributed by atoms with E-state index in [1.165, 1.54) is 0 Å². The van der Waals surface area contributed by atoms with Crippen LogP contribution in [0.4, 0.5) is 0 Å². The van der Waals surface area contributed by atoms with Crippen molar-refractivity contribution in [3.63, 3.8) is 0 Å². The van der Waals surface area contributed by atoms with Crippen LogP contribution in [0.5, 0.6) is 0 Å². The quantitative estimate of drug-likeness (QED) is 0.912. The highest BCUT2D eigenvalue weighted by molar-refractivity contribution is 5.85. The molecule has 2 aliphatic rings. The Morgan fingerprint density at radius 2 is 1.91 bits per heavy atom. The van der Waals surface area contributed by atoms with Crippen LogP contribution in [-0.2, 0) is 4.74 Å². The van der Waals surface area contributed by atoms with Gasteiger partial charge in [-0.05, 0) is 30.4 Å². The summed E-state index contributed by atoms with van der Waals surface area (Å²) in [6.07, 6.45) is 5.57. The maximum absolute atomic E-state index is 5.95. The van der Waals surface area contributed by atoms with Gasteiger partial charge in [0, 0.05) is 44.3 Å². The third-order valence-electron chi connectivity index (χ3n) is 4.72. The molecule has 0 amide bonds. The fourth-order valence-electron chi connectivity index (χ4n) is 3.44. The van der Waals surface area contributed by atoms with Crippen molar-refractivity contribution in [2.24, 2.45) is 5.41 Å². The van der Waals surface area contributed by atoms with Gasteiger partial charge in [0.05, 0.1) is 5.92 Å². The Bertz CT molecular complexity index is 613. The topological polar surface area (TPSA) is 73.1 Å². The lowest BCUT2D eigenvalue weighted by Crippen LogP contribution is -2.35. The van der Waals surface area contributed by atoms with Crippen molar-refractivity contribution in [2.45, 2.75) is 18.8 Å². The molecule has 118 valence electrons. The van der Waals surface area contributed by atoms with Gasteiger partial charge in [0.15, 0.2) is 0 Å². The van der Waals surface area contributed by atoms with Crippen molar-refractivity contribution in [3.05, 3.63) is 30.4 Å². The number of hydrogen-bond acceptors (Lipinski definition) is 6. The van der Waals surface area contributed by atoms with Crippen molar-refractivity contribution in [1.82, 2.24) is 20.5 Å². The number of pyridine rings is 1. The minimum absolute atomic E-state index is 0. The summed E-state index contributed by atoms with van der Waals surface area (Å²) < 4.78 is 11.5. The molecule has 4 heterocycles. The van der Waals surface area contributed by atoms with E-state index in [9.17, 15) is 0 Å². The number of hydrogen-bond donors (Lipinski definition) is 1. The van der Waals surface area contributed by atoms with Crippen LogP contribution in [0.25, 0.3) is 11.5 Å². The van der Waals surface area contributed by atoms with Gasteiger partial charge < -0.3 is 14.5 Å². The number of aromatic nitrogens is 3. The van der Waals surface area contributed by atoms with Crippen LogP contribution in [0.2, 0.25) is 0 Å². The molecule has 1 spiro atoms. The molecule has 1 unspecified atom stereocenters. The van der Waals surface area contributed by atoms with Gasteiger partial charge in [-0.2, -0.15) is 0 Å². The van der Waals surface area contributed by atoms with Crippen LogP contribution < -0.4 is 5.32 Å². The molecule has 4 rings (SSSR count). The maximum Gasteiger partial charge on any atom is 0.247 e. The van der Waals surface area contributed by atoms with Gasteiger partial charge in [-0.15, -0.1) is 22.6 Å². The van der Waals surface area contributed by atoms with Gasteiger partial charge in [0.1, 0.15) is 0 Å². The van der Waals surface area contributed by atoms with Gasteiger partial charge in [0.2, 0.25) is 11.8 Å². The standard InChI is InChI=1S/C15H18N4O2.ClH/c1-5-16-6-2-11(1)13-18-19-14(21-13)12-9-17-10-15(12)3-7-20-8-4-15;/h1-2,5-6,12,17H,3-4,7-10H2;1H. The van der Waals surface area contributed by atoms with Gasteiger partial charge in [-0.1, -0.05) is 0 Å². The Hall–Kier alpha value is -1.50. The summed E-state index contributed by atoms with van der Waals surface area (Å²) in [6.45, 7) is 3.55. The van der Waals surface area contributed by atoms with E-state index in [0.29, 0.717) is 5.89 Å². The second kappa shape index (κ2) is 6.32. The maximum atomic E-state index is 5.95. The monoisotopic (exact) mass is 322 g/mol. The summed E-state index contributed by atoms with van der Waals surface area (Å²) in [7, 11) is 0. The Balaban J connectivity index is 0.00000144. The number of rotatable bonds is 2. The summed E-state index contributed by atoms with van der Waals surface area (Å²) in [5, 5.41) is 12.0. The third kappa shape index (κ3) is 2.62. The Morgan fingerprint density at radius 1 is 1.14 bits per heavy atom. The molecular formula is C15H19ClN4O2. The summed E-state index contributed by atoms with van der Waals surface area (Å²) in [5.41, 5.74) is 1.12. The molecule has 2 aromatic heterocycles. The lowest BCUT2D eigenvalue weighted by Gasteiger charge is -2.36. The fraction of sp³-hybridized carbons (Fsp3) is 0.533. The fourth-order valence-corrected chi connectivity index (χ4v) is 3.44. The SMILES string of the molecule is Cl.c1cc(-c2nnc(C3CNCC34CCOCC4)o2)ccn1. The van der Waals surface area contributed by atoms with E-state index in [4.69, 9.17) is 9.15 Å². The van der Waals surface area contributed by atoms with E-state index in [1.54, 1.807) is 12.4 Å². The molecule has 0 aromatic carbocycles. The number of ether oxygens (including phenoxy) is 1. The zero-order chi connectivity index (χ0) is 14.1. The number of nitrogens with zero attached hydrogens (tertiary/aromatic N) is 3. The van der Waals surface area contributed by atoms with E-state index in [2.05, 4.69) is 20.5 Å². The first-order valence-electron chi connectivity index (χ1n) is 7.40. The van der Waals surface area contributed by atoms with E-state index in [-0.39, 0.29) is 23.7 Å². The zero-order valence-corrected chi connectivity index (χ0v) is 13.0. The van der Waals surface area contributed by atoms with Crippen LogP contribution in [0.15, 0.2) is 28.9 Å². The van der Waals surface area contributed by atoms with Crippen molar-refractivity contribution in [1.29, 1.82) is 0 Å². The number of nitrogens with one attached hydrogen (secondary N) is 1. The molecule has 2 aromatic rings. The second-order valence-corrected chi connectivity index (χ2v) is 5.84. The van der Waals surface area contributed by atoms with Crippen molar-refractivity contribution in [2.75, 3.05) is 26.3 Å². The van der Waals surface area contributed by atoms with Crippen molar-refractivity contribution < 1.29 is 9.15 Å². The Morgan fingerprint density at radius 3 is 2.68 bits per heavy atom. The zero-order valence-electron chi connectivity index (χ0n) is 12.2. The van der Waals surface area contributed by atoms with E-state index in [1.807, 2.05) is 12.1 Å². The van der Waals surface area contributed by atoms with Crippen LogP contribution >= 0.6 is 12.4 Å². The summed E-state index contributed by atoms with van der Waals surface area (Å²) in [6, 6.07) is 3.77. The summed E-state index contributed by atoms with van der Waals surface area (Å²) in [5.74, 6) is 1.60. The molecule has 1 N–H and O–H groups in total. The Labute approximate surface area is 135 Å². The number of halogens is 1. The minimum atomic E-state index is 0. The normalized spacial score (nSPS) is 23.4. The first-order valence-corrected chi connectivity index (χ1v) is 7.40. The van der Waals surface area contributed by atoms with E-state index in [0.717, 1.165) is 50.6 Å². The second-order valence-electron chi connectivity index (χ2n) is 5.84. The predicted molar refractivity (Wildman–Crippen MR) is 82.9 cm³/mol. The average Bonchev–Trinajstić information content (AvgIpc) is 3.16. The van der Waals surface area contributed by atoms with Crippen LogP contribution in [-0.4, -0.2) is 41.5 Å². The predicted octanol–water partition coefficient (Wildman–Crippen LogP) is 2.04. The molecule has 0 aliphatic carbocycles. The molecule has 2 saturated heterocycles. The van der Waals surface area contributed by atoms with Crippen LogP contribution in [0.3, 0.4) is 0 Å². The van der Waals surface area contributed by atoms with Gasteiger partial charge in [-0.25, -0.2) is 0 Å². The molecule has 7 heteroatoms. The van der Waals surface area contributed by atoms with Crippen molar-refractivity contribution in [3.8, 4) is 11.5 Å². The molecule has 0 bridgehead atoms. The highest BCUT2D eigenvalue weighted by Crippen LogP contribution is 2.46. The molecule has 0 radical (unpaired) electrons. The average molecular weight is 323 g/mol. The Kier molecular flexibility index (Phi) is 4.42. The lowest BCUT2D eigenvalue weighted by atomic mass is 9.72. The van der Waals surface area contributed by atoms with E-state index >= 15 is 0 Å². The first-order chi connectivity index (χ1) is 10.4. The van der Waals surface area contributed by atoms with Gasteiger partial charge in [-0.3, -0.25) is 4.98 Å². The molecule has 22 heavy (non-hydrogen) atoms. The molecular weight excluding hydrogens is 304 g/mol. The van der Waals surface area contributed by atoms with Crippen molar-refractivity contribution >= 4 is 12.4 Å². The highest BCUT2D eigenvalue weighted by Gasteiger charge is 2.47. The van der Waals surface area contributed by atoms with Gasteiger partial charge >= 0.3 is 0 Å². The molecule has 0 saturated carbocycles. The summed E-state index contributed by atoms with van der Waals surface area (Å²) >= 11 is 0. The molecule has 6 nitrogen and oxygen atoms in total. The third-order valence-corrected chi connectivity index (χ3v) is 4.72. The largest absolute Gasteiger partial charge is 0.420 e. The van der Waals surface area contributed by atoms with E-state index < -0.39 is 0 Å². The molecule has 2 aliphatic heterocycles. The van der Waals surface area contributed by atoms with Gasteiger partial charge in [0.25, 0.3) is 0 Å². The first kappa shape index (κ1) is 15.4.